The Morgan fingerprint density at radius 1 is 1.19 bits per heavy atom. The summed E-state index contributed by atoms with van der Waals surface area (Å²) in [5.74, 6) is 0. The summed E-state index contributed by atoms with van der Waals surface area (Å²) in [5, 5.41) is 0.0493. The van der Waals surface area contributed by atoms with Crippen molar-refractivity contribution in [1.82, 2.24) is 9.97 Å². The van der Waals surface area contributed by atoms with Gasteiger partial charge in [0.2, 0.25) is 0 Å². The van der Waals surface area contributed by atoms with Gasteiger partial charge in [-0.2, -0.15) is 0 Å². The van der Waals surface area contributed by atoms with Gasteiger partial charge < -0.3 is 0 Å². The van der Waals surface area contributed by atoms with Crippen LogP contribution in [0.2, 0.25) is 10.3 Å². The van der Waals surface area contributed by atoms with Gasteiger partial charge in [0.15, 0.2) is 0 Å². The van der Waals surface area contributed by atoms with Crippen LogP contribution in [0.25, 0.3) is 0 Å². The Morgan fingerprint density at radius 2 is 1.86 bits per heavy atom. The molecular weight excluding hydrogens is 394 g/mol. The summed E-state index contributed by atoms with van der Waals surface area (Å²) in [7, 11) is -3.34. The van der Waals surface area contributed by atoms with Crippen molar-refractivity contribution in [2.75, 3.05) is 0 Å². The van der Waals surface area contributed by atoms with Crippen molar-refractivity contribution in [3.63, 3.8) is 0 Å². The van der Waals surface area contributed by atoms with Gasteiger partial charge in [0.05, 0.1) is 0 Å². The van der Waals surface area contributed by atoms with E-state index in [9.17, 15) is 8.42 Å². The fourth-order valence-corrected chi connectivity index (χ4v) is 6.63. The number of nitrogens with zero attached hydrogens (tertiary/aromatic N) is 2. The van der Waals surface area contributed by atoms with Crippen LogP contribution in [0.15, 0.2) is 35.4 Å². The van der Waals surface area contributed by atoms with Crippen LogP contribution in [0.1, 0.15) is 13.8 Å². The first-order valence-corrected chi connectivity index (χ1v) is 10.5. The predicted octanol–water partition coefficient (Wildman–Crippen LogP) is 1.35. The molecule has 0 N–H and O–H groups in total. The third-order valence-electron chi connectivity index (χ3n) is 2.78. The average Bonchev–Trinajstić information content (AvgIpc) is 2.43. The minimum atomic E-state index is -3.34. The molecule has 0 spiro atoms. The fourth-order valence-electron chi connectivity index (χ4n) is 1.63. The molecule has 2 rings (SSSR count). The zero-order valence-electron chi connectivity index (χ0n) is 11.3. The van der Waals surface area contributed by atoms with E-state index < -0.39 is 30.8 Å². The molecule has 0 saturated carbocycles. The second-order valence-electron chi connectivity index (χ2n) is 4.55. The van der Waals surface area contributed by atoms with E-state index in [4.69, 9.17) is 23.2 Å². The van der Waals surface area contributed by atoms with Gasteiger partial charge in [-0.1, -0.05) is 0 Å². The zero-order valence-corrected chi connectivity index (χ0v) is 15.8. The third-order valence-corrected chi connectivity index (χ3v) is 8.94. The van der Waals surface area contributed by atoms with Gasteiger partial charge in [0.25, 0.3) is 0 Å². The van der Waals surface area contributed by atoms with Gasteiger partial charge >= 0.3 is 141 Å². The molecule has 0 saturated heterocycles. The van der Waals surface area contributed by atoms with E-state index in [1.165, 1.54) is 6.20 Å². The molecule has 0 radical (unpaired) electrons. The average molecular weight is 407 g/mol. The molecule has 0 aliphatic rings. The summed E-state index contributed by atoms with van der Waals surface area (Å²) >= 11 is 10.8. The first kappa shape index (κ1) is 16.8. The molecular formula is C13H13AsCl2N2O2S. The van der Waals surface area contributed by atoms with Crippen LogP contribution in [-0.4, -0.2) is 39.4 Å². The molecule has 4 nitrogen and oxygen atoms in total. The van der Waals surface area contributed by atoms with Gasteiger partial charge in [-0.25, -0.2) is 0 Å². The number of hydrogen-bond acceptors (Lipinski definition) is 4. The molecule has 1 unspecified atom stereocenters. The molecule has 0 bridgehead atoms. The Morgan fingerprint density at radius 3 is 2.52 bits per heavy atom. The summed E-state index contributed by atoms with van der Waals surface area (Å²) < 4.78 is 26.2. The van der Waals surface area contributed by atoms with Crippen LogP contribution in [0.5, 0.6) is 0 Å². The van der Waals surface area contributed by atoms with Crippen molar-refractivity contribution < 1.29 is 8.42 Å². The van der Waals surface area contributed by atoms with Crippen molar-refractivity contribution in [2.24, 2.45) is 0 Å². The maximum absolute atomic E-state index is 12.4. The number of halogens is 2. The monoisotopic (exact) mass is 406 g/mol. The zero-order chi connectivity index (χ0) is 15.6. The molecule has 8 heteroatoms. The number of sulfone groups is 1. The van der Waals surface area contributed by atoms with Crippen LogP contribution in [0, 0.1) is 0 Å². The topological polar surface area (TPSA) is 59.9 Å². The number of rotatable bonds is 4. The second-order valence-corrected chi connectivity index (χ2v) is 10.4. The Bertz CT molecular complexity index is 767. The van der Waals surface area contributed by atoms with Gasteiger partial charge in [-0.05, 0) is 0 Å². The molecule has 1 atom stereocenters. The van der Waals surface area contributed by atoms with E-state index in [0.717, 1.165) is 4.35 Å². The van der Waals surface area contributed by atoms with E-state index in [1.807, 2.05) is 12.1 Å². The van der Waals surface area contributed by atoms with Crippen LogP contribution in [0.3, 0.4) is 0 Å². The number of hydrogen-bond donors (Lipinski definition) is 0. The summed E-state index contributed by atoms with van der Waals surface area (Å²) in [6.45, 7) is 3.33. The second kappa shape index (κ2) is 6.65. The molecule has 0 aliphatic heterocycles. The minimum absolute atomic E-state index is 0.113. The van der Waals surface area contributed by atoms with Gasteiger partial charge in [0, 0.05) is 0 Å². The number of benzene rings is 1. The molecule has 0 aliphatic carbocycles. The molecule has 112 valence electrons. The van der Waals surface area contributed by atoms with Crippen LogP contribution in [0.4, 0.5) is 0 Å². The van der Waals surface area contributed by atoms with Crippen LogP contribution < -0.4 is 8.83 Å². The summed E-state index contributed by atoms with van der Waals surface area (Å²) in [5.41, 5.74) is 0. The molecule has 0 amide bonds. The van der Waals surface area contributed by atoms with Gasteiger partial charge in [-0.3, -0.25) is 0 Å². The molecule has 1 heterocycles. The van der Waals surface area contributed by atoms with E-state index in [2.05, 4.69) is 9.97 Å². The standard InChI is InChI=1S/C13H13AsCl2N2O2S/c1-8(2)21(19,20)11-6-4-3-5-9(11)14-12-10(15)7-17-13(16)18-12/h3-8,14H,1-2H3. The van der Waals surface area contributed by atoms with Crippen LogP contribution >= 0.6 is 23.2 Å². The van der Waals surface area contributed by atoms with Crippen molar-refractivity contribution in [3.8, 4) is 0 Å². The Hall–Kier alpha value is -0.612. The molecule has 0 fully saturated rings. The van der Waals surface area contributed by atoms with Crippen LogP contribution in [-0.2, 0) is 9.84 Å². The molecule has 1 aromatic heterocycles. The van der Waals surface area contributed by atoms with E-state index >= 15 is 0 Å². The van der Waals surface area contributed by atoms with Crippen molar-refractivity contribution in [2.45, 2.75) is 24.0 Å². The summed E-state index contributed by atoms with van der Waals surface area (Å²) in [6.07, 6.45) is 1.44. The van der Waals surface area contributed by atoms with Crippen molar-refractivity contribution >= 4 is 57.6 Å². The van der Waals surface area contributed by atoms with E-state index in [0.29, 0.717) is 14.4 Å². The first-order chi connectivity index (χ1) is 9.82. The first-order valence-electron chi connectivity index (χ1n) is 6.10. The molecule has 1 aromatic carbocycles. The van der Waals surface area contributed by atoms with Gasteiger partial charge in [-0.15, -0.1) is 0 Å². The maximum atomic E-state index is 12.4. The normalized spacial score (nSPS) is 12.4. The third kappa shape index (κ3) is 3.78. The quantitative estimate of drug-likeness (QED) is 0.568. The Labute approximate surface area is 140 Å². The van der Waals surface area contributed by atoms with Gasteiger partial charge in [0.1, 0.15) is 0 Å². The summed E-state index contributed by atoms with van der Waals surface area (Å²) in [4.78, 5) is 8.28. The van der Waals surface area contributed by atoms with E-state index in [1.54, 1.807) is 26.0 Å². The Balaban J connectivity index is 2.49. The predicted molar refractivity (Wildman–Crippen MR) is 87.2 cm³/mol. The Kier molecular flexibility index (Phi) is 5.31. The number of aromatic nitrogens is 2. The summed E-state index contributed by atoms with van der Waals surface area (Å²) in [6, 6.07) is 6.97. The van der Waals surface area contributed by atoms with E-state index in [-0.39, 0.29) is 5.28 Å². The molecule has 2 aromatic rings. The SMILES string of the molecule is CC(C)S(=O)(=O)c1ccccc1[AsH]c1nc(Cl)ncc1Cl. The molecule has 21 heavy (non-hydrogen) atoms. The van der Waals surface area contributed by atoms with Crippen molar-refractivity contribution in [3.05, 3.63) is 40.8 Å². The van der Waals surface area contributed by atoms with Crippen molar-refractivity contribution in [1.29, 1.82) is 0 Å². The fraction of sp³-hybridized carbons (Fsp3) is 0.231.